The average molecular weight is 328 g/mol. The van der Waals surface area contributed by atoms with Gasteiger partial charge in [-0.1, -0.05) is 6.92 Å². The second kappa shape index (κ2) is 5.69. The first-order valence-corrected chi connectivity index (χ1v) is 6.59. The molecule has 23 heavy (non-hydrogen) atoms. The van der Waals surface area contributed by atoms with Crippen LogP contribution in [0, 0.1) is 0 Å². The maximum atomic E-state index is 9.94. The number of ether oxygens (including phenoxy) is 1. The Morgan fingerprint density at radius 1 is 0.696 bits per heavy atom. The first-order valence-electron chi connectivity index (χ1n) is 6.59. The number of hydrogen-bond acceptors (Lipinski definition) is 9. The molecule has 0 bridgehead atoms. The van der Waals surface area contributed by atoms with Crippen molar-refractivity contribution in [3.05, 3.63) is 0 Å². The van der Waals surface area contributed by atoms with Crippen LogP contribution in [0.2, 0.25) is 0 Å². The van der Waals surface area contributed by atoms with Gasteiger partial charge >= 0.3 is 0 Å². The molecule has 2 aromatic carbocycles. The second-order valence-corrected chi connectivity index (χ2v) is 4.89. The maximum Gasteiger partial charge on any atom is 0.205 e. The maximum absolute atomic E-state index is 9.94. The van der Waals surface area contributed by atoms with Crippen LogP contribution in [0.5, 0.6) is 46.0 Å². The standard InChI is InChI=1S/C14H16O9/c1-2-4(15)3-23-14-6-5(8(17)12(21)13(14)22)7(16)10(19)11(20)9(6)18/h4,15-22H,2-3H2,1H3. The normalized spacial score (nSPS) is 12.4. The van der Waals surface area contributed by atoms with Crippen molar-refractivity contribution < 1.29 is 45.6 Å². The fourth-order valence-corrected chi connectivity index (χ4v) is 2.04. The van der Waals surface area contributed by atoms with Gasteiger partial charge in [0.2, 0.25) is 23.0 Å². The molecule has 0 spiro atoms. The zero-order valence-corrected chi connectivity index (χ0v) is 12.0. The largest absolute Gasteiger partial charge is 0.504 e. The summed E-state index contributed by atoms with van der Waals surface area (Å²) < 4.78 is 5.13. The highest BCUT2D eigenvalue weighted by Crippen LogP contribution is 2.59. The van der Waals surface area contributed by atoms with Crippen LogP contribution in [-0.2, 0) is 0 Å². The van der Waals surface area contributed by atoms with E-state index in [0.717, 1.165) is 0 Å². The summed E-state index contributed by atoms with van der Waals surface area (Å²) in [4.78, 5) is 0. The van der Waals surface area contributed by atoms with Crippen LogP contribution >= 0.6 is 0 Å². The molecule has 0 saturated carbocycles. The van der Waals surface area contributed by atoms with Gasteiger partial charge in [0, 0.05) is 0 Å². The van der Waals surface area contributed by atoms with Crippen LogP contribution in [0.25, 0.3) is 10.8 Å². The van der Waals surface area contributed by atoms with E-state index >= 15 is 0 Å². The van der Waals surface area contributed by atoms with Crippen molar-refractivity contribution in [3.8, 4) is 46.0 Å². The summed E-state index contributed by atoms with van der Waals surface area (Å²) in [6.45, 7) is 1.32. The third-order valence-corrected chi connectivity index (χ3v) is 3.42. The van der Waals surface area contributed by atoms with Crippen molar-refractivity contribution in [2.75, 3.05) is 6.61 Å². The van der Waals surface area contributed by atoms with E-state index in [4.69, 9.17) is 4.74 Å². The Kier molecular flexibility index (Phi) is 4.06. The summed E-state index contributed by atoms with van der Waals surface area (Å²) in [7, 11) is 0. The lowest BCUT2D eigenvalue weighted by Crippen LogP contribution is -2.16. The van der Waals surface area contributed by atoms with Crippen molar-refractivity contribution in [2.45, 2.75) is 19.4 Å². The summed E-state index contributed by atoms with van der Waals surface area (Å²) >= 11 is 0. The monoisotopic (exact) mass is 328 g/mol. The quantitative estimate of drug-likeness (QED) is 0.300. The van der Waals surface area contributed by atoms with Crippen LogP contribution in [-0.4, -0.2) is 53.6 Å². The molecule has 0 fully saturated rings. The summed E-state index contributed by atoms with van der Waals surface area (Å²) in [5.74, 6) is -7.95. The number of rotatable bonds is 4. The number of benzene rings is 2. The Morgan fingerprint density at radius 2 is 1.13 bits per heavy atom. The fraction of sp³-hybridized carbons (Fsp3) is 0.286. The predicted molar refractivity (Wildman–Crippen MR) is 77.4 cm³/mol. The highest BCUT2D eigenvalue weighted by atomic mass is 16.5. The van der Waals surface area contributed by atoms with Crippen LogP contribution in [0.4, 0.5) is 0 Å². The van der Waals surface area contributed by atoms with Gasteiger partial charge in [-0.15, -0.1) is 0 Å². The highest BCUT2D eigenvalue weighted by molar-refractivity contribution is 6.08. The second-order valence-electron chi connectivity index (χ2n) is 4.89. The van der Waals surface area contributed by atoms with Gasteiger partial charge in [-0.05, 0) is 6.42 Å². The molecule has 8 N–H and O–H groups in total. The van der Waals surface area contributed by atoms with Crippen LogP contribution < -0.4 is 4.74 Å². The Morgan fingerprint density at radius 3 is 1.61 bits per heavy atom. The lowest BCUT2D eigenvalue weighted by molar-refractivity contribution is 0.103. The molecule has 2 aromatic rings. The van der Waals surface area contributed by atoms with Gasteiger partial charge < -0.3 is 45.6 Å². The number of hydrogen-bond donors (Lipinski definition) is 8. The van der Waals surface area contributed by atoms with E-state index in [1.165, 1.54) is 0 Å². The molecule has 0 saturated heterocycles. The van der Waals surface area contributed by atoms with Gasteiger partial charge in [-0.3, -0.25) is 0 Å². The third-order valence-electron chi connectivity index (χ3n) is 3.42. The van der Waals surface area contributed by atoms with E-state index in [1.807, 2.05) is 0 Å². The molecule has 9 nitrogen and oxygen atoms in total. The van der Waals surface area contributed by atoms with E-state index in [1.54, 1.807) is 6.92 Å². The first kappa shape index (κ1) is 16.4. The van der Waals surface area contributed by atoms with Crippen molar-refractivity contribution >= 4 is 10.8 Å². The minimum Gasteiger partial charge on any atom is -0.504 e. The van der Waals surface area contributed by atoms with Crippen LogP contribution in [0.15, 0.2) is 0 Å². The van der Waals surface area contributed by atoms with Crippen molar-refractivity contribution in [2.24, 2.45) is 0 Å². The minimum atomic E-state index is -1.13. The molecular weight excluding hydrogens is 312 g/mol. The van der Waals surface area contributed by atoms with Crippen molar-refractivity contribution in [3.63, 3.8) is 0 Å². The van der Waals surface area contributed by atoms with Gasteiger partial charge in [0.05, 0.1) is 16.9 Å². The summed E-state index contributed by atoms with van der Waals surface area (Å²) in [5, 5.41) is 76.6. The number of phenols is 7. The van der Waals surface area contributed by atoms with Gasteiger partial charge in [0.25, 0.3) is 0 Å². The number of phenolic OH excluding ortho intramolecular Hbond substituents is 7. The first-order chi connectivity index (χ1) is 10.7. The highest BCUT2D eigenvalue weighted by Gasteiger charge is 2.29. The molecule has 1 unspecified atom stereocenters. The SMILES string of the molecule is CCC(O)COc1c(O)c(O)c(O)c2c(O)c(O)c(O)c(O)c12. The van der Waals surface area contributed by atoms with E-state index in [-0.39, 0.29) is 6.61 Å². The summed E-state index contributed by atoms with van der Waals surface area (Å²) in [5.41, 5.74) is 0. The number of fused-ring (bicyclic) bond motifs is 1. The molecule has 0 aliphatic carbocycles. The number of aliphatic hydroxyl groups excluding tert-OH is 1. The lowest BCUT2D eigenvalue weighted by atomic mass is 10.0. The number of aromatic hydroxyl groups is 7. The Balaban J connectivity index is 2.85. The topological polar surface area (TPSA) is 171 Å². The molecule has 0 heterocycles. The van der Waals surface area contributed by atoms with Crippen molar-refractivity contribution in [1.82, 2.24) is 0 Å². The van der Waals surface area contributed by atoms with E-state index in [2.05, 4.69) is 0 Å². The van der Waals surface area contributed by atoms with Gasteiger partial charge in [-0.25, -0.2) is 0 Å². The zero-order chi connectivity index (χ0) is 17.5. The molecule has 9 heteroatoms. The molecule has 0 radical (unpaired) electrons. The molecule has 0 aromatic heterocycles. The Hall–Kier alpha value is -2.94. The molecule has 0 aliphatic heterocycles. The zero-order valence-electron chi connectivity index (χ0n) is 12.0. The van der Waals surface area contributed by atoms with Gasteiger partial charge in [0.15, 0.2) is 23.0 Å². The predicted octanol–water partition coefficient (Wildman–Crippen LogP) is 0.929. The van der Waals surface area contributed by atoms with Crippen LogP contribution in [0.1, 0.15) is 13.3 Å². The van der Waals surface area contributed by atoms with Crippen molar-refractivity contribution in [1.29, 1.82) is 0 Å². The Bertz CT molecular complexity index is 761. The minimum absolute atomic E-state index is 0.312. The molecule has 1 atom stereocenters. The summed E-state index contributed by atoms with van der Waals surface area (Å²) in [6.07, 6.45) is -0.617. The van der Waals surface area contributed by atoms with E-state index in [9.17, 15) is 40.9 Å². The van der Waals surface area contributed by atoms with Crippen LogP contribution in [0.3, 0.4) is 0 Å². The molecule has 0 amide bonds. The molecule has 126 valence electrons. The molecular formula is C14H16O9. The lowest BCUT2D eigenvalue weighted by Gasteiger charge is -2.18. The van der Waals surface area contributed by atoms with E-state index in [0.29, 0.717) is 6.42 Å². The number of aliphatic hydroxyl groups is 1. The average Bonchev–Trinajstić information content (AvgIpc) is 2.54. The third kappa shape index (κ3) is 2.40. The Labute approximate surface area is 129 Å². The summed E-state index contributed by atoms with van der Waals surface area (Å²) in [6, 6.07) is 0. The fourth-order valence-electron chi connectivity index (χ4n) is 2.04. The molecule has 0 aliphatic rings. The smallest absolute Gasteiger partial charge is 0.205 e. The van der Waals surface area contributed by atoms with Gasteiger partial charge in [-0.2, -0.15) is 0 Å². The van der Waals surface area contributed by atoms with Gasteiger partial charge in [0.1, 0.15) is 6.61 Å². The molecule has 2 rings (SSSR count). The van der Waals surface area contributed by atoms with E-state index < -0.39 is 62.9 Å².